The van der Waals surface area contributed by atoms with Gasteiger partial charge in [0.25, 0.3) is 0 Å². The maximum absolute atomic E-state index is 2.62. The van der Waals surface area contributed by atoms with E-state index in [1.807, 2.05) is 0 Å². The first-order valence-corrected chi connectivity index (χ1v) is 8.12. The topological polar surface area (TPSA) is 6.48 Å². The van der Waals surface area contributed by atoms with Gasteiger partial charge in [-0.3, -0.25) is 4.90 Å². The van der Waals surface area contributed by atoms with Gasteiger partial charge in [-0.05, 0) is 51.1 Å². The summed E-state index contributed by atoms with van der Waals surface area (Å²) in [5, 5.41) is 0. The zero-order chi connectivity index (χ0) is 14.4. The lowest BCUT2D eigenvalue weighted by Crippen LogP contribution is -2.39. The average molecular weight is 274 g/mol. The Morgan fingerprint density at radius 3 is 2.90 bits per heavy atom. The molecule has 0 aromatic carbocycles. The molecule has 2 aliphatic rings. The molecule has 2 rings (SSSR count). The van der Waals surface area contributed by atoms with Crippen molar-refractivity contribution in [2.45, 2.75) is 39.5 Å². The Hall–Kier alpha value is -1.02. The van der Waals surface area contributed by atoms with Crippen molar-refractivity contribution in [1.82, 2.24) is 9.80 Å². The summed E-state index contributed by atoms with van der Waals surface area (Å²) >= 11 is 0. The highest BCUT2D eigenvalue weighted by Gasteiger charge is 2.19. The maximum Gasteiger partial charge on any atom is 0.0386 e. The third kappa shape index (κ3) is 4.52. The normalized spacial score (nSPS) is 24.9. The van der Waals surface area contributed by atoms with E-state index in [1.54, 1.807) is 5.57 Å². The van der Waals surface area contributed by atoms with Gasteiger partial charge in [-0.1, -0.05) is 30.7 Å². The van der Waals surface area contributed by atoms with Crippen LogP contribution < -0.4 is 0 Å². The Bertz CT molecular complexity index is 392. The van der Waals surface area contributed by atoms with E-state index in [2.05, 4.69) is 55.0 Å². The van der Waals surface area contributed by atoms with Gasteiger partial charge in [-0.25, -0.2) is 0 Å². The fourth-order valence-electron chi connectivity index (χ4n) is 3.23. The first-order chi connectivity index (χ1) is 9.69. The van der Waals surface area contributed by atoms with Crippen molar-refractivity contribution in [3.05, 3.63) is 35.6 Å². The quantitative estimate of drug-likeness (QED) is 0.703. The van der Waals surface area contributed by atoms with E-state index in [4.69, 9.17) is 0 Å². The molecule has 0 radical (unpaired) electrons. The van der Waals surface area contributed by atoms with E-state index >= 15 is 0 Å². The molecule has 20 heavy (non-hydrogen) atoms. The highest BCUT2D eigenvalue weighted by molar-refractivity contribution is 5.25. The molecule has 0 saturated carbocycles. The van der Waals surface area contributed by atoms with Crippen molar-refractivity contribution in [2.24, 2.45) is 5.92 Å². The lowest BCUT2D eigenvalue weighted by molar-refractivity contribution is 0.185. The molecule has 2 heterocycles. The second-order valence-electron chi connectivity index (χ2n) is 6.43. The zero-order valence-electron chi connectivity index (χ0n) is 13.4. The van der Waals surface area contributed by atoms with E-state index in [0.717, 1.165) is 19.0 Å². The molecule has 2 nitrogen and oxygen atoms in total. The first-order valence-electron chi connectivity index (χ1n) is 8.12. The van der Waals surface area contributed by atoms with Gasteiger partial charge in [0.15, 0.2) is 0 Å². The Morgan fingerprint density at radius 1 is 1.35 bits per heavy atom. The molecular formula is C18H30N2. The van der Waals surface area contributed by atoms with Crippen LogP contribution in [0.4, 0.5) is 0 Å². The van der Waals surface area contributed by atoms with Crippen LogP contribution in [-0.2, 0) is 0 Å². The Kier molecular flexibility index (Phi) is 5.90. The molecule has 2 heteroatoms. The average Bonchev–Trinajstić information content (AvgIpc) is 2.42. The smallest absolute Gasteiger partial charge is 0.0386 e. The van der Waals surface area contributed by atoms with Gasteiger partial charge < -0.3 is 4.90 Å². The predicted molar refractivity (Wildman–Crippen MR) is 87.7 cm³/mol. The Labute approximate surface area is 124 Å². The summed E-state index contributed by atoms with van der Waals surface area (Å²) in [6, 6.07) is 0. The van der Waals surface area contributed by atoms with Crippen LogP contribution in [0, 0.1) is 5.92 Å². The summed E-state index contributed by atoms with van der Waals surface area (Å²) < 4.78 is 0. The molecular weight excluding hydrogens is 244 g/mol. The number of piperidine rings is 1. The predicted octanol–water partition coefficient (Wildman–Crippen LogP) is 3.83. The summed E-state index contributed by atoms with van der Waals surface area (Å²) in [5.41, 5.74) is 3.04. The number of allylic oxidation sites excluding steroid dienone is 4. The summed E-state index contributed by atoms with van der Waals surface area (Å²) in [6.07, 6.45) is 14.2. The standard InChI is InChI=1S/C18H30N2/c1-4-5-6-9-17-10-11-18(19(3)14-17)15-20-12-7-8-16(2)13-20/h4-5,10-11,16H,6-9,12-15H2,1-3H3/b5-4-. The third-order valence-electron chi connectivity index (χ3n) is 4.44. The van der Waals surface area contributed by atoms with Crippen molar-refractivity contribution in [3.8, 4) is 0 Å². The van der Waals surface area contributed by atoms with Crippen molar-refractivity contribution < 1.29 is 0 Å². The van der Waals surface area contributed by atoms with Crippen LogP contribution in [0.15, 0.2) is 35.6 Å². The summed E-state index contributed by atoms with van der Waals surface area (Å²) in [7, 11) is 2.24. The van der Waals surface area contributed by atoms with Crippen molar-refractivity contribution in [3.63, 3.8) is 0 Å². The van der Waals surface area contributed by atoms with Crippen LogP contribution in [0.25, 0.3) is 0 Å². The second kappa shape index (κ2) is 7.68. The molecule has 2 aliphatic heterocycles. The number of rotatable bonds is 5. The molecule has 0 N–H and O–H groups in total. The third-order valence-corrected chi connectivity index (χ3v) is 4.44. The van der Waals surface area contributed by atoms with Gasteiger partial charge in [-0.2, -0.15) is 0 Å². The number of likely N-dealkylation sites (N-methyl/N-ethyl adjacent to an activating group) is 1. The van der Waals surface area contributed by atoms with Crippen LogP contribution in [0.5, 0.6) is 0 Å². The molecule has 0 bridgehead atoms. The van der Waals surface area contributed by atoms with Gasteiger partial charge in [0, 0.05) is 32.4 Å². The number of hydrogen-bond acceptors (Lipinski definition) is 2. The lowest BCUT2D eigenvalue weighted by atomic mass is 9.99. The molecule has 0 aromatic rings. The molecule has 0 aliphatic carbocycles. The number of hydrogen-bond donors (Lipinski definition) is 0. The van der Waals surface area contributed by atoms with Crippen LogP contribution in [0.2, 0.25) is 0 Å². The van der Waals surface area contributed by atoms with Crippen molar-refractivity contribution >= 4 is 0 Å². The molecule has 1 saturated heterocycles. The van der Waals surface area contributed by atoms with Crippen molar-refractivity contribution in [1.29, 1.82) is 0 Å². The minimum absolute atomic E-state index is 0.866. The molecule has 0 amide bonds. The second-order valence-corrected chi connectivity index (χ2v) is 6.43. The monoisotopic (exact) mass is 274 g/mol. The summed E-state index contributed by atoms with van der Waals surface area (Å²) in [6.45, 7) is 9.24. The van der Waals surface area contributed by atoms with E-state index in [9.17, 15) is 0 Å². The number of likely N-dealkylation sites (tertiary alicyclic amines) is 1. The van der Waals surface area contributed by atoms with E-state index in [1.165, 1.54) is 44.5 Å². The molecule has 1 unspecified atom stereocenters. The molecule has 0 aromatic heterocycles. The molecule has 0 spiro atoms. The van der Waals surface area contributed by atoms with Crippen LogP contribution in [-0.4, -0.2) is 43.0 Å². The lowest BCUT2D eigenvalue weighted by Gasteiger charge is -2.35. The fraction of sp³-hybridized carbons (Fsp3) is 0.667. The minimum atomic E-state index is 0.866. The fourth-order valence-corrected chi connectivity index (χ4v) is 3.23. The van der Waals surface area contributed by atoms with Gasteiger partial charge >= 0.3 is 0 Å². The van der Waals surface area contributed by atoms with Crippen LogP contribution in [0.3, 0.4) is 0 Å². The van der Waals surface area contributed by atoms with E-state index in [0.29, 0.717) is 0 Å². The molecule has 1 fully saturated rings. The maximum atomic E-state index is 2.62. The van der Waals surface area contributed by atoms with E-state index in [-0.39, 0.29) is 0 Å². The van der Waals surface area contributed by atoms with Gasteiger partial charge in [-0.15, -0.1) is 0 Å². The molecule has 1 atom stereocenters. The Balaban J connectivity index is 1.88. The SMILES string of the molecule is C/C=C\CCC1=CC=C(CN2CCCC(C)C2)N(C)C1. The van der Waals surface area contributed by atoms with Gasteiger partial charge in [0.05, 0.1) is 0 Å². The highest BCUT2D eigenvalue weighted by atomic mass is 15.2. The minimum Gasteiger partial charge on any atom is -0.373 e. The Morgan fingerprint density at radius 2 is 2.20 bits per heavy atom. The zero-order valence-corrected chi connectivity index (χ0v) is 13.4. The largest absolute Gasteiger partial charge is 0.373 e. The van der Waals surface area contributed by atoms with Crippen LogP contribution >= 0.6 is 0 Å². The summed E-state index contributed by atoms with van der Waals surface area (Å²) in [5.74, 6) is 0.866. The number of nitrogens with zero attached hydrogens (tertiary/aromatic N) is 2. The first kappa shape index (κ1) is 15.4. The van der Waals surface area contributed by atoms with Crippen LogP contribution in [0.1, 0.15) is 39.5 Å². The van der Waals surface area contributed by atoms with Gasteiger partial charge in [0.1, 0.15) is 0 Å². The highest BCUT2D eigenvalue weighted by Crippen LogP contribution is 2.21. The molecule has 112 valence electrons. The van der Waals surface area contributed by atoms with E-state index < -0.39 is 0 Å². The van der Waals surface area contributed by atoms with Crippen molar-refractivity contribution in [2.75, 3.05) is 33.2 Å². The summed E-state index contributed by atoms with van der Waals surface area (Å²) in [4.78, 5) is 5.05. The van der Waals surface area contributed by atoms with Gasteiger partial charge in [0.2, 0.25) is 0 Å².